The number of hydrogen-bond acceptors (Lipinski definition) is 5. The van der Waals surface area contributed by atoms with E-state index in [1.54, 1.807) is 7.05 Å². The number of nitrogens with zero attached hydrogens (tertiary/aromatic N) is 3. The average molecular weight is 202 g/mol. The van der Waals surface area contributed by atoms with Gasteiger partial charge in [0.25, 0.3) is 0 Å². The summed E-state index contributed by atoms with van der Waals surface area (Å²) in [5, 5.41) is 12.2. The minimum atomic E-state index is -0.144. The summed E-state index contributed by atoms with van der Waals surface area (Å²) in [6.45, 7) is 0.130. The fraction of sp³-hybridized carbons (Fsp3) is 0.333. The molecule has 0 aliphatic heterocycles. The highest BCUT2D eigenvalue weighted by atomic mass is 35.5. The van der Waals surface area contributed by atoms with Crippen molar-refractivity contribution >= 4 is 23.3 Å². The second kappa shape index (κ2) is 4.56. The summed E-state index contributed by atoms with van der Waals surface area (Å²) in [5.41, 5.74) is 0. The summed E-state index contributed by atoms with van der Waals surface area (Å²) in [6.07, 6.45) is 1.38. The maximum atomic E-state index is 10.8. The Bertz CT molecular complexity index is 305. The molecule has 70 valence electrons. The Morgan fingerprint density at radius 1 is 1.69 bits per heavy atom. The lowest BCUT2D eigenvalue weighted by Crippen LogP contribution is -2.26. The Morgan fingerprint density at radius 2 is 2.46 bits per heavy atom. The fourth-order valence-electron chi connectivity index (χ4n) is 0.626. The van der Waals surface area contributed by atoms with Crippen LogP contribution < -0.4 is 10.6 Å². The lowest BCUT2D eigenvalue weighted by atomic mass is 10.5. The van der Waals surface area contributed by atoms with Crippen molar-refractivity contribution in [2.24, 2.45) is 0 Å². The molecule has 13 heavy (non-hydrogen) atoms. The zero-order chi connectivity index (χ0) is 9.68. The van der Waals surface area contributed by atoms with Crippen molar-refractivity contribution in [2.45, 2.75) is 0 Å². The van der Waals surface area contributed by atoms with Crippen LogP contribution >= 0.6 is 11.6 Å². The molecule has 1 rings (SSSR count). The number of likely N-dealkylation sites (N-methyl/N-ethyl adjacent to an activating group) is 1. The van der Waals surface area contributed by atoms with E-state index in [1.165, 1.54) is 6.20 Å². The molecule has 7 heteroatoms. The van der Waals surface area contributed by atoms with Crippen LogP contribution in [0.5, 0.6) is 0 Å². The van der Waals surface area contributed by atoms with Gasteiger partial charge in [-0.1, -0.05) is 0 Å². The molecule has 2 N–H and O–H groups in total. The first-order valence-electron chi connectivity index (χ1n) is 3.52. The fourth-order valence-corrected chi connectivity index (χ4v) is 0.761. The van der Waals surface area contributed by atoms with Crippen LogP contribution in [-0.2, 0) is 4.79 Å². The molecule has 0 aliphatic carbocycles. The van der Waals surface area contributed by atoms with Gasteiger partial charge in [0.1, 0.15) is 5.82 Å². The van der Waals surface area contributed by atoms with Crippen LogP contribution in [0, 0.1) is 0 Å². The van der Waals surface area contributed by atoms with E-state index in [0.717, 1.165) is 0 Å². The smallest absolute Gasteiger partial charge is 0.244 e. The quantitative estimate of drug-likeness (QED) is 0.701. The normalized spacial score (nSPS) is 9.38. The SMILES string of the molecule is CNC(=O)CNc1cnnc(Cl)n1. The molecule has 0 spiro atoms. The Morgan fingerprint density at radius 3 is 3.08 bits per heavy atom. The number of nitrogens with one attached hydrogen (secondary N) is 2. The number of aromatic nitrogens is 3. The molecular weight excluding hydrogens is 194 g/mol. The monoisotopic (exact) mass is 201 g/mol. The van der Waals surface area contributed by atoms with Gasteiger partial charge in [-0.3, -0.25) is 4.79 Å². The van der Waals surface area contributed by atoms with Gasteiger partial charge in [0.2, 0.25) is 11.2 Å². The van der Waals surface area contributed by atoms with E-state index in [9.17, 15) is 4.79 Å². The third-order valence-corrected chi connectivity index (χ3v) is 1.40. The van der Waals surface area contributed by atoms with Crippen molar-refractivity contribution in [3.05, 3.63) is 11.5 Å². The molecule has 0 aromatic carbocycles. The van der Waals surface area contributed by atoms with Gasteiger partial charge in [-0.2, -0.15) is 10.1 Å². The Kier molecular flexibility index (Phi) is 3.39. The highest BCUT2D eigenvalue weighted by molar-refractivity contribution is 6.28. The standard InChI is InChI=1S/C6H8ClN5O/c1-8-5(13)3-9-4-2-10-12-6(7)11-4/h2H,3H2,1H3,(H,8,13)(H,9,11,12). The van der Waals surface area contributed by atoms with Crippen LogP contribution in [0.4, 0.5) is 5.82 Å². The Balaban J connectivity index is 2.50. The van der Waals surface area contributed by atoms with Gasteiger partial charge < -0.3 is 10.6 Å². The second-order valence-corrected chi connectivity index (χ2v) is 2.48. The van der Waals surface area contributed by atoms with Crippen LogP contribution in [-0.4, -0.2) is 34.7 Å². The first kappa shape index (κ1) is 9.66. The third kappa shape index (κ3) is 3.20. The number of rotatable bonds is 3. The maximum Gasteiger partial charge on any atom is 0.244 e. The molecule has 0 bridgehead atoms. The van der Waals surface area contributed by atoms with E-state index in [0.29, 0.717) is 5.82 Å². The van der Waals surface area contributed by atoms with Gasteiger partial charge in [-0.15, -0.1) is 5.10 Å². The molecule has 1 aromatic heterocycles. The van der Waals surface area contributed by atoms with E-state index in [-0.39, 0.29) is 17.7 Å². The summed E-state index contributed by atoms with van der Waals surface area (Å²) < 4.78 is 0. The third-order valence-electron chi connectivity index (χ3n) is 1.24. The molecule has 0 saturated carbocycles. The van der Waals surface area contributed by atoms with Gasteiger partial charge in [-0.25, -0.2) is 0 Å². The summed E-state index contributed by atoms with van der Waals surface area (Å²) >= 11 is 5.47. The van der Waals surface area contributed by atoms with Gasteiger partial charge >= 0.3 is 0 Å². The number of carbonyl (C=O) groups excluding carboxylic acids is 1. The van der Waals surface area contributed by atoms with Crippen molar-refractivity contribution in [3.63, 3.8) is 0 Å². The van der Waals surface area contributed by atoms with Crippen molar-refractivity contribution in [3.8, 4) is 0 Å². The molecule has 0 aliphatic rings. The predicted octanol–water partition coefficient (Wildman–Crippen LogP) is -0.317. The molecule has 0 unspecified atom stereocenters. The van der Waals surface area contributed by atoms with Crippen LogP contribution in [0.25, 0.3) is 0 Å². The van der Waals surface area contributed by atoms with Gasteiger partial charge in [0, 0.05) is 7.05 Å². The molecule has 0 fully saturated rings. The summed E-state index contributed by atoms with van der Waals surface area (Å²) in [4.78, 5) is 14.6. The van der Waals surface area contributed by atoms with Gasteiger partial charge in [0.15, 0.2) is 0 Å². The van der Waals surface area contributed by atoms with Crippen LogP contribution in [0.3, 0.4) is 0 Å². The number of halogens is 1. The molecule has 1 amide bonds. The van der Waals surface area contributed by atoms with E-state index in [2.05, 4.69) is 25.8 Å². The predicted molar refractivity (Wildman–Crippen MR) is 47.4 cm³/mol. The average Bonchev–Trinajstić information content (AvgIpc) is 2.14. The molecule has 0 atom stereocenters. The first-order chi connectivity index (χ1) is 6.22. The number of anilines is 1. The minimum absolute atomic E-state index is 0.0434. The zero-order valence-corrected chi connectivity index (χ0v) is 7.67. The van der Waals surface area contributed by atoms with Crippen molar-refractivity contribution in [1.82, 2.24) is 20.5 Å². The van der Waals surface area contributed by atoms with E-state index in [4.69, 9.17) is 11.6 Å². The molecule has 1 aromatic rings. The Labute approximate surface area is 79.7 Å². The first-order valence-corrected chi connectivity index (χ1v) is 3.90. The summed E-state index contributed by atoms with van der Waals surface area (Å²) in [6, 6.07) is 0. The highest BCUT2D eigenvalue weighted by Gasteiger charge is 1.99. The van der Waals surface area contributed by atoms with Gasteiger partial charge in [0.05, 0.1) is 12.7 Å². The molecule has 6 nitrogen and oxygen atoms in total. The largest absolute Gasteiger partial charge is 0.360 e. The maximum absolute atomic E-state index is 10.8. The zero-order valence-electron chi connectivity index (χ0n) is 6.91. The molecule has 0 saturated heterocycles. The van der Waals surface area contributed by atoms with E-state index >= 15 is 0 Å². The number of amides is 1. The number of carbonyl (C=O) groups is 1. The second-order valence-electron chi connectivity index (χ2n) is 2.14. The lowest BCUT2D eigenvalue weighted by Gasteiger charge is -2.02. The van der Waals surface area contributed by atoms with Crippen LogP contribution in [0.15, 0.2) is 6.20 Å². The molecule has 1 heterocycles. The molecule has 0 radical (unpaired) electrons. The van der Waals surface area contributed by atoms with E-state index < -0.39 is 0 Å². The van der Waals surface area contributed by atoms with Crippen molar-refractivity contribution < 1.29 is 4.79 Å². The van der Waals surface area contributed by atoms with Crippen molar-refractivity contribution in [1.29, 1.82) is 0 Å². The topological polar surface area (TPSA) is 79.8 Å². The lowest BCUT2D eigenvalue weighted by molar-refractivity contribution is -0.118. The van der Waals surface area contributed by atoms with Crippen molar-refractivity contribution in [2.75, 3.05) is 18.9 Å². The van der Waals surface area contributed by atoms with E-state index in [1.807, 2.05) is 0 Å². The number of hydrogen-bond donors (Lipinski definition) is 2. The van der Waals surface area contributed by atoms with Crippen LogP contribution in [0.2, 0.25) is 5.28 Å². The minimum Gasteiger partial charge on any atom is -0.360 e. The molecular formula is C6H8ClN5O. The summed E-state index contributed by atoms with van der Waals surface area (Å²) in [7, 11) is 1.55. The van der Waals surface area contributed by atoms with Gasteiger partial charge in [-0.05, 0) is 11.6 Å². The Hall–Kier alpha value is -1.43. The summed E-state index contributed by atoms with van der Waals surface area (Å²) in [5.74, 6) is 0.276. The van der Waals surface area contributed by atoms with Crippen LogP contribution in [0.1, 0.15) is 0 Å². The highest BCUT2D eigenvalue weighted by Crippen LogP contribution is 2.02.